The maximum Gasteiger partial charge on any atom is 0.162 e. The summed E-state index contributed by atoms with van der Waals surface area (Å²) in [4.78, 5) is 0. The van der Waals surface area contributed by atoms with Gasteiger partial charge in [-0.25, -0.2) is 0 Å². The second-order valence-electron chi connectivity index (χ2n) is 4.24. The zero-order valence-electron chi connectivity index (χ0n) is 10.5. The number of benzene rings is 1. The van der Waals surface area contributed by atoms with Crippen LogP contribution in [0.15, 0.2) is 18.2 Å². The van der Waals surface area contributed by atoms with Gasteiger partial charge in [0.25, 0.3) is 0 Å². The van der Waals surface area contributed by atoms with E-state index in [-0.39, 0.29) is 0 Å². The minimum absolute atomic E-state index is 0.586. The van der Waals surface area contributed by atoms with Gasteiger partial charge in [0, 0.05) is 24.3 Å². The average molecular weight is 236 g/mol. The van der Waals surface area contributed by atoms with Crippen LogP contribution in [0.3, 0.4) is 0 Å². The Morgan fingerprint density at radius 1 is 1.29 bits per heavy atom. The summed E-state index contributed by atoms with van der Waals surface area (Å²) in [6.45, 7) is 2.09. The van der Waals surface area contributed by atoms with Crippen LogP contribution >= 0.6 is 0 Å². The normalized spacial score (nSPS) is 19.1. The molecule has 0 aliphatic carbocycles. The highest BCUT2D eigenvalue weighted by atomic mass is 16.5. The maximum atomic E-state index is 5.27. The molecular formula is C13H20N2O2. The van der Waals surface area contributed by atoms with Gasteiger partial charge in [0.1, 0.15) is 0 Å². The van der Waals surface area contributed by atoms with Crippen LogP contribution in [0.5, 0.6) is 11.5 Å². The van der Waals surface area contributed by atoms with Gasteiger partial charge in [-0.05, 0) is 31.5 Å². The Kier molecular flexibility index (Phi) is 4.09. The lowest BCUT2D eigenvalue weighted by molar-refractivity contribution is 0.355. The van der Waals surface area contributed by atoms with E-state index in [1.165, 1.54) is 12.8 Å². The third kappa shape index (κ3) is 3.03. The van der Waals surface area contributed by atoms with E-state index in [1.807, 2.05) is 18.2 Å². The third-order valence-corrected chi connectivity index (χ3v) is 3.10. The molecule has 1 saturated heterocycles. The Balaban J connectivity index is 1.95. The highest BCUT2D eigenvalue weighted by Crippen LogP contribution is 2.29. The number of nitrogens with one attached hydrogen (secondary N) is 2. The zero-order valence-corrected chi connectivity index (χ0v) is 10.5. The molecule has 2 N–H and O–H groups in total. The molecule has 4 heteroatoms. The van der Waals surface area contributed by atoms with Crippen molar-refractivity contribution in [3.63, 3.8) is 0 Å². The van der Waals surface area contributed by atoms with E-state index in [4.69, 9.17) is 9.47 Å². The summed E-state index contributed by atoms with van der Waals surface area (Å²) in [5.74, 6) is 1.52. The molecule has 0 radical (unpaired) electrons. The minimum Gasteiger partial charge on any atom is -0.493 e. The second kappa shape index (κ2) is 5.77. The molecule has 0 saturated carbocycles. The number of anilines is 1. The summed E-state index contributed by atoms with van der Waals surface area (Å²) in [5, 5.41) is 6.87. The van der Waals surface area contributed by atoms with Gasteiger partial charge >= 0.3 is 0 Å². The highest BCUT2D eigenvalue weighted by Gasteiger charge is 2.13. The van der Waals surface area contributed by atoms with Gasteiger partial charge in [-0.1, -0.05) is 0 Å². The van der Waals surface area contributed by atoms with E-state index < -0.39 is 0 Å². The van der Waals surface area contributed by atoms with E-state index in [1.54, 1.807) is 14.2 Å². The zero-order chi connectivity index (χ0) is 12.1. The lowest BCUT2D eigenvalue weighted by Crippen LogP contribution is -2.29. The second-order valence-corrected chi connectivity index (χ2v) is 4.24. The van der Waals surface area contributed by atoms with E-state index in [0.717, 1.165) is 30.3 Å². The molecule has 1 unspecified atom stereocenters. The van der Waals surface area contributed by atoms with Crippen molar-refractivity contribution in [3.05, 3.63) is 18.2 Å². The topological polar surface area (TPSA) is 42.5 Å². The molecule has 0 bridgehead atoms. The van der Waals surface area contributed by atoms with E-state index in [9.17, 15) is 0 Å². The molecule has 2 rings (SSSR count). The molecule has 0 aromatic heterocycles. The van der Waals surface area contributed by atoms with Gasteiger partial charge in [0.15, 0.2) is 11.5 Å². The third-order valence-electron chi connectivity index (χ3n) is 3.10. The predicted octanol–water partition coefficient (Wildman–Crippen LogP) is 1.87. The summed E-state index contributed by atoms with van der Waals surface area (Å²) in [6, 6.07) is 6.48. The quantitative estimate of drug-likeness (QED) is 0.819. The largest absolute Gasteiger partial charge is 0.493 e. The molecule has 1 aromatic carbocycles. The monoisotopic (exact) mass is 236 g/mol. The van der Waals surface area contributed by atoms with Crippen LogP contribution in [-0.4, -0.2) is 33.4 Å². The van der Waals surface area contributed by atoms with Crippen molar-refractivity contribution in [2.45, 2.75) is 18.9 Å². The molecule has 1 heterocycles. The van der Waals surface area contributed by atoms with Crippen molar-refractivity contribution in [2.75, 3.05) is 32.6 Å². The van der Waals surface area contributed by atoms with Crippen LogP contribution in [-0.2, 0) is 0 Å². The smallest absolute Gasteiger partial charge is 0.162 e. The van der Waals surface area contributed by atoms with Gasteiger partial charge in [0.2, 0.25) is 0 Å². The number of hydrogen-bond donors (Lipinski definition) is 2. The van der Waals surface area contributed by atoms with Crippen LogP contribution in [0, 0.1) is 0 Å². The Hall–Kier alpha value is -1.42. The van der Waals surface area contributed by atoms with E-state index in [0.29, 0.717) is 6.04 Å². The van der Waals surface area contributed by atoms with Gasteiger partial charge in [-0.3, -0.25) is 0 Å². The SMILES string of the molecule is COc1ccc(NCC2CCCN2)cc1OC. The summed E-state index contributed by atoms with van der Waals surface area (Å²) >= 11 is 0. The molecule has 1 aliphatic heterocycles. The molecule has 1 aromatic rings. The first-order chi connectivity index (χ1) is 8.33. The molecule has 0 amide bonds. The summed E-state index contributed by atoms with van der Waals surface area (Å²) in [7, 11) is 3.30. The Morgan fingerprint density at radius 2 is 2.12 bits per heavy atom. The van der Waals surface area contributed by atoms with Gasteiger partial charge in [0.05, 0.1) is 14.2 Å². The predicted molar refractivity (Wildman–Crippen MR) is 69.1 cm³/mol. The fourth-order valence-corrected chi connectivity index (χ4v) is 2.12. The Morgan fingerprint density at radius 3 is 2.76 bits per heavy atom. The Labute approximate surface area is 102 Å². The van der Waals surface area contributed by atoms with Crippen LogP contribution < -0.4 is 20.1 Å². The highest BCUT2D eigenvalue weighted by molar-refractivity contribution is 5.54. The molecule has 1 fully saturated rings. The molecule has 4 nitrogen and oxygen atoms in total. The minimum atomic E-state index is 0.586. The number of ether oxygens (including phenoxy) is 2. The fourth-order valence-electron chi connectivity index (χ4n) is 2.12. The lowest BCUT2D eigenvalue weighted by Gasteiger charge is -2.14. The average Bonchev–Trinajstić information content (AvgIpc) is 2.89. The van der Waals surface area contributed by atoms with Crippen molar-refractivity contribution < 1.29 is 9.47 Å². The summed E-state index contributed by atoms with van der Waals surface area (Å²) in [5.41, 5.74) is 1.07. The molecule has 1 aliphatic rings. The molecule has 0 spiro atoms. The number of methoxy groups -OCH3 is 2. The van der Waals surface area contributed by atoms with Crippen molar-refractivity contribution in [1.29, 1.82) is 0 Å². The van der Waals surface area contributed by atoms with Crippen molar-refractivity contribution >= 4 is 5.69 Å². The first-order valence-electron chi connectivity index (χ1n) is 6.03. The van der Waals surface area contributed by atoms with Gasteiger partial charge in [-0.2, -0.15) is 0 Å². The molecular weight excluding hydrogens is 216 g/mol. The first kappa shape index (κ1) is 12.0. The van der Waals surface area contributed by atoms with Crippen molar-refractivity contribution in [1.82, 2.24) is 5.32 Å². The molecule has 94 valence electrons. The standard InChI is InChI=1S/C13H20N2O2/c1-16-12-6-5-10(8-13(12)17-2)15-9-11-4-3-7-14-11/h5-6,8,11,14-15H,3-4,7,9H2,1-2H3. The summed E-state index contributed by atoms with van der Waals surface area (Å²) < 4.78 is 10.5. The summed E-state index contributed by atoms with van der Waals surface area (Å²) in [6.07, 6.45) is 2.53. The van der Waals surface area contributed by atoms with Gasteiger partial charge in [-0.15, -0.1) is 0 Å². The fraction of sp³-hybridized carbons (Fsp3) is 0.538. The van der Waals surface area contributed by atoms with Crippen LogP contribution in [0.1, 0.15) is 12.8 Å². The maximum absolute atomic E-state index is 5.27. The first-order valence-corrected chi connectivity index (χ1v) is 6.03. The van der Waals surface area contributed by atoms with E-state index in [2.05, 4.69) is 10.6 Å². The van der Waals surface area contributed by atoms with E-state index >= 15 is 0 Å². The number of hydrogen-bond acceptors (Lipinski definition) is 4. The van der Waals surface area contributed by atoms with Crippen LogP contribution in [0.4, 0.5) is 5.69 Å². The van der Waals surface area contributed by atoms with Gasteiger partial charge < -0.3 is 20.1 Å². The van der Waals surface area contributed by atoms with Crippen LogP contribution in [0.2, 0.25) is 0 Å². The Bertz CT molecular complexity index is 362. The molecule has 17 heavy (non-hydrogen) atoms. The molecule has 1 atom stereocenters. The van der Waals surface area contributed by atoms with Crippen molar-refractivity contribution in [2.24, 2.45) is 0 Å². The lowest BCUT2D eigenvalue weighted by atomic mass is 10.2. The van der Waals surface area contributed by atoms with Crippen LogP contribution in [0.25, 0.3) is 0 Å². The van der Waals surface area contributed by atoms with Crippen molar-refractivity contribution in [3.8, 4) is 11.5 Å². The number of rotatable bonds is 5.